The van der Waals surface area contributed by atoms with Gasteiger partial charge in [-0.1, -0.05) is 12.1 Å². The molecule has 1 aromatic carbocycles. The lowest BCUT2D eigenvalue weighted by Crippen LogP contribution is -2.03. The molecule has 0 fully saturated rings. The Bertz CT molecular complexity index is 465. The second kappa shape index (κ2) is 5.70. The Morgan fingerprint density at radius 3 is 2.47 bits per heavy atom. The maximum atomic E-state index is 5.71. The zero-order valence-electron chi connectivity index (χ0n) is 9.68. The first kappa shape index (κ1) is 12.0. The molecular formula is C13H15NO2S. The predicted molar refractivity (Wildman–Crippen MR) is 71.5 cm³/mol. The van der Waals surface area contributed by atoms with E-state index in [1.165, 1.54) is 0 Å². The SMILES string of the molecule is COCCOc1ccc(-c2csc(N)c2)cc1. The molecule has 2 rings (SSSR count). The molecule has 0 bridgehead atoms. The molecule has 17 heavy (non-hydrogen) atoms. The van der Waals surface area contributed by atoms with Gasteiger partial charge >= 0.3 is 0 Å². The molecule has 0 aliphatic heterocycles. The number of thiophene rings is 1. The molecule has 0 saturated carbocycles. The maximum absolute atomic E-state index is 5.71. The summed E-state index contributed by atoms with van der Waals surface area (Å²) < 4.78 is 10.4. The van der Waals surface area contributed by atoms with E-state index < -0.39 is 0 Å². The molecule has 0 aliphatic rings. The van der Waals surface area contributed by atoms with E-state index in [0.717, 1.165) is 21.9 Å². The molecule has 0 unspecified atom stereocenters. The first-order valence-corrected chi connectivity index (χ1v) is 6.24. The van der Waals surface area contributed by atoms with Crippen molar-refractivity contribution in [3.63, 3.8) is 0 Å². The van der Waals surface area contributed by atoms with E-state index in [1.807, 2.05) is 30.3 Å². The summed E-state index contributed by atoms with van der Waals surface area (Å²) in [6, 6.07) is 9.95. The van der Waals surface area contributed by atoms with Crippen molar-refractivity contribution < 1.29 is 9.47 Å². The van der Waals surface area contributed by atoms with Crippen molar-refractivity contribution in [1.29, 1.82) is 0 Å². The topological polar surface area (TPSA) is 44.5 Å². The molecule has 0 aliphatic carbocycles. The van der Waals surface area contributed by atoms with E-state index in [2.05, 4.69) is 5.38 Å². The van der Waals surface area contributed by atoms with Crippen molar-refractivity contribution in [1.82, 2.24) is 0 Å². The summed E-state index contributed by atoms with van der Waals surface area (Å²) >= 11 is 1.55. The van der Waals surface area contributed by atoms with Crippen molar-refractivity contribution in [3.05, 3.63) is 35.7 Å². The molecule has 0 saturated heterocycles. The molecule has 1 aromatic heterocycles. The van der Waals surface area contributed by atoms with Crippen molar-refractivity contribution in [2.75, 3.05) is 26.1 Å². The highest BCUT2D eigenvalue weighted by molar-refractivity contribution is 7.14. The van der Waals surface area contributed by atoms with Crippen molar-refractivity contribution >= 4 is 16.3 Å². The van der Waals surface area contributed by atoms with Crippen molar-refractivity contribution in [2.45, 2.75) is 0 Å². The largest absolute Gasteiger partial charge is 0.491 e. The number of nitrogens with two attached hydrogens (primary N) is 1. The number of anilines is 1. The van der Waals surface area contributed by atoms with Crippen LogP contribution in [-0.2, 0) is 4.74 Å². The smallest absolute Gasteiger partial charge is 0.119 e. The lowest BCUT2D eigenvalue weighted by atomic mass is 10.1. The van der Waals surface area contributed by atoms with Gasteiger partial charge in [0, 0.05) is 12.5 Å². The third-order valence-electron chi connectivity index (χ3n) is 2.36. The zero-order chi connectivity index (χ0) is 12.1. The van der Waals surface area contributed by atoms with Gasteiger partial charge in [0.25, 0.3) is 0 Å². The summed E-state index contributed by atoms with van der Waals surface area (Å²) in [4.78, 5) is 0. The van der Waals surface area contributed by atoms with E-state index in [-0.39, 0.29) is 0 Å². The van der Waals surface area contributed by atoms with Crippen LogP contribution in [0.3, 0.4) is 0 Å². The van der Waals surface area contributed by atoms with Crippen LogP contribution in [0.4, 0.5) is 5.00 Å². The fraction of sp³-hybridized carbons (Fsp3) is 0.231. The molecule has 0 amide bonds. The lowest BCUT2D eigenvalue weighted by Gasteiger charge is -2.05. The monoisotopic (exact) mass is 249 g/mol. The molecule has 4 heteroatoms. The summed E-state index contributed by atoms with van der Waals surface area (Å²) in [6.07, 6.45) is 0. The summed E-state index contributed by atoms with van der Waals surface area (Å²) in [7, 11) is 1.66. The summed E-state index contributed by atoms with van der Waals surface area (Å²) in [5, 5.41) is 2.89. The van der Waals surface area contributed by atoms with Crippen LogP contribution >= 0.6 is 11.3 Å². The van der Waals surface area contributed by atoms with E-state index in [4.69, 9.17) is 15.2 Å². The molecule has 0 radical (unpaired) electrons. The second-order valence-corrected chi connectivity index (χ2v) is 4.55. The Hall–Kier alpha value is -1.52. The van der Waals surface area contributed by atoms with E-state index >= 15 is 0 Å². The van der Waals surface area contributed by atoms with Crippen LogP contribution < -0.4 is 10.5 Å². The number of hydrogen-bond donors (Lipinski definition) is 1. The third kappa shape index (κ3) is 3.22. The van der Waals surface area contributed by atoms with Gasteiger partial charge in [-0.2, -0.15) is 0 Å². The first-order chi connectivity index (χ1) is 8.29. The van der Waals surface area contributed by atoms with Gasteiger partial charge in [0.1, 0.15) is 12.4 Å². The highest BCUT2D eigenvalue weighted by atomic mass is 32.1. The molecule has 2 aromatic rings. The van der Waals surface area contributed by atoms with Gasteiger partial charge in [-0.3, -0.25) is 0 Å². The van der Waals surface area contributed by atoms with Crippen molar-refractivity contribution in [3.8, 4) is 16.9 Å². The molecule has 0 spiro atoms. The average molecular weight is 249 g/mol. The molecule has 2 N–H and O–H groups in total. The van der Waals surface area contributed by atoms with Gasteiger partial charge < -0.3 is 15.2 Å². The zero-order valence-corrected chi connectivity index (χ0v) is 10.5. The van der Waals surface area contributed by atoms with Crippen LogP contribution in [-0.4, -0.2) is 20.3 Å². The quantitative estimate of drug-likeness (QED) is 0.828. The number of hydrogen-bond acceptors (Lipinski definition) is 4. The molecule has 0 atom stereocenters. The second-order valence-electron chi connectivity index (χ2n) is 3.60. The maximum Gasteiger partial charge on any atom is 0.119 e. The van der Waals surface area contributed by atoms with Crippen LogP contribution in [0, 0.1) is 0 Å². The standard InChI is InChI=1S/C13H15NO2S/c1-15-6-7-16-12-4-2-10(3-5-12)11-8-13(14)17-9-11/h2-5,8-9H,6-7,14H2,1H3. The van der Waals surface area contributed by atoms with Crippen LogP contribution in [0.1, 0.15) is 0 Å². The minimum absolute atomic E-state index is 0.571. The lowest BCUT2D eigenvalue weighted by molar-refractivity contribution is 0.146. The Balaban J connectivity index is 2.02. The van der Waals surface area contributed by atoms with Gasteiger partial charge in [-0.15, -0.1) is 11.3 Å². The van der Waals surface area contributed by atoms with Crippen molar-refractivity contribution in [2.24, 2.45) is 0 Å². The highest BCUT2D eigenvalue weighted by Crippen LogP contribution is 2.28. The van der Waals surface area contributed by atoms with Crippen LogP contribution in [0.5, 0.6) is 5.75 Å². The Morgan fingerprint density at radius 2 is 1.88 bits per heavy atom. The Labute approximate surface area is 105 Å². The average Bonchev–Trinajstić information content (AvgIpc) is 2.77. The fourth-order valence-electron chi connectivity index (χ4n) is 1.49. The molecule has 3 nitrogen and oxygen atoms in total. The predicted octanol–water partition coefficient (Wildman–Crippen LogP) is 3.02. The summed E-state index contributed by atoms with van der Waals surface area (Å²) in [5.74, 6) is 0.856. The van der Waals surface area contributed by atoms with Crippen LogP contribution in [0.2, 0.25) is 0 Å². The van der Waals surface area contributed by atoms with Crippen LogP contribution in [0.15, 0.2) is 35.7 Å². The number of nitrogen functional groups attached to an aromatic ring is 1. The molecule has 90 valence electrons. The van der Waals surface area contributed by atoms with E-state index in [9.17, 15) is 0 Å². The normalized spacial score (nSPS) is 10.4. The minimum atomic E-state index is 0.571. The fourth-order valence-corrected chi connectivity index (χ4v) is 2.15. The van der Waals surface area contributed by atoms with E-state index in [0.29, 0.717) is 13.2 Å². The number of ether oxygens (including phenoxy) is 2. The number of benzene rings is 1. The molecular weight excluding hydrogens is 234 g/mol. The van der Waals surface area contributed by atoms with E-state index in [1.54, 1.807) is 18.4 Å². The molecule has 1 heterocycles. The summed E-state index contributed by atoms with van der Waals surface area (Å²) in [5.41, 5.74) is 8.01. The van der Waals surface area contributed by atoms with Gasteiger partial charge in [0.15, 0.2) is 0 Å². The minimum Gasteiger partial charge on any atom is -0.491 e. The first-order valence-electron chi connectivity index (χ1n) is 5.36. The van der Waals surface area contributed by atoms with Crippen LogP contribution in [0.25, 0.3) is 11.1 Å². The van der Waals surface area contributed by atoms with Gasteiger partial charge in [-0.05, 0) is 29.3 Å². The Kier molecular flexibility index (Phi) is 4.01. The van der Waals surface area contributed by atoms with Gasteiger partial charge in [0.05, 0.1) is 11.6 Å². The van der Waals surface area contributed by atoms with Gasteiger partial charge in [-0.25, -0.2) is 0 Å². The third-order valence-corrected chi connectivity index (χ3v) is 3.13. The summed E-state index contributed by atoms with van der Waals surface area (Å²) in [6.45, 7) is 1.17. The van der Waals surface area contributed by atoms with Gasteiger partial charge in [0.2, 0.25) is 0 Å². The number of methoxy groups -OCH3 is 1. The number of rotatable bonds is 5. The Morgan fingerprint density at radius 1 is 1.12 bits per heavy atom. The highest BCUT2D eigenvalue weighted by Gasteiger charge is 2.01.